The standard InChI is InChI=1S/C11H15N2.HI/c1-4-11-12(2)9-7-5-6-8-10(9)13(11)3;/h5-8H,4H2,1-3H3;1H/q+1;/p-1. The van der Waals surface area contributed by atoms with E-state index < -0.39 is 0 Å². The van der Waals surface area contributed by atoms with Crippen LogP contribution in [0.25, 0.3) is 11.0 Å². The van der Waals surface area contributed by atoms with Crippen molar-refractivity contribution in [1.82, 2.24) is 4.57 Å². The molecule has 2 nitrogen and oxygen atoms in total. The number of fused-ring (bicyclic) bond motifs is 1. The van der Waals surface area contributed by atoms with Crippen LogP contribution in [0.2, 0.25) is 0 Å². The van der Waals surface area contributed by atoms with E-state index in [2.05, 4.69) is 54.4 Å². The maximum absolute atomic E-state index is 2.26. The minimum absolute atomic E-state index is 0. The average Bonchev–Trinajstić information content (AvgIpc) is 2.41. The Morgan fingerprint density at radius 1 is 1.29 bits per heavy atom. The van der Waals surface area contributed by atoms with Crippen LogP contribution in [0.5, 0.6) is 0 Å². The van der Waals surface area contributed by atoms with E-state index >= 15 is 0 Å². The smallest absolute Gasteiger partial charge is 0.256 e. The van der Waals surface area contributed by atoms with Gasteiger partial charge in [0.05, 0.1) is 14.1 Å². The van der Waals surface area contributed by atoms with Gasteiger partial charge in [0.15, 0.2) is 11.0 Å². The Bertz CT molecular complexity index is 407. The SMILES string of the molecule is CCc1n(C)c2ccccc2[n+]1C.[I-]. The van der Waals surface area contributed by atoms with Gasteiger partial charge in [0, 0.05) is 6.42 Å². The molecule has 0 aliphatic carbocycles. The molecule has 76 valence electrons. The van der Waals surface area contributed by atoms with Gasteiger partial charge in [-0.1, -0.05) is 19.1 Å². The molecule has 2 rings (SSSR count). The van der Waals surface area contributed by atoms with Gasteiger partial charge in [-0.15, -0.1) is 0 Å². The van der Waals surface area contributed by atoms with Crippen molar-refractivity contribution in [2.75, 3.05) is 0 Å². The monoisotopic (exact) mass is 302 g/mol. The third kappa shape index (κ3) is 1.54. The van der Waals surface area contributed by atoms with E-state index in [0.717, 1.165) is 6.42 Å². The van der Waals surface area contributed by atoms with Gasteiger partial charge in [-0.25, -0.2) is 9.13 Å². The molecule has 0 N–H and O–H groups in total. The first-order valence-electron chi connectivity index (χ1n) is 4.68. The van der Waals surface area contributed by atoms with Crippen molar-refractivity contribution in [3.8, 4) is 0 Å². The van der Waals surface area contributed by atoms with Crippen LogP contribution in [0.1, 0.15) is 12.7 Å². The first-order chi connectivity index (χ1) is 6.25. The summed E-state index contributed by atoms with van der Waals surface area (Å²) in [5.41, 5.74) is 2.61. The predicted molar refractivity (Wildman–Crippen MR) is 53.5 cm³/mol. The maximum Gasteiger partial charge on any atom is 0.256 e. The Labute approximate surface area is 102 Å². The number of benzene rings is 1. The summed E-state index contributed by atoms with van der Waals surface area (Å²) in [5.74, 6) is 1.36. The summed E-state index contributed by atoms with van der Waals surface area (Å²) in [7, 11) is 4.25. The van der Waals surface area contributed by atoms with Crippen molar-refractivity contribution in [1.29, 1.82) is 0 Å². The molecule has 14 heavy (non-hydrogen) atoms. The van der Waals surface area contributed by atoms with E-state index in [-0.39, 0.29) is 24.0 Å². The molecular weight excluding hydrogens is 287 g/mol. The molecule has 1 aromatic heterocycles. The fraction of sp³-hybridized carbons (Fsp3) is 0.364. The van der Waals surface area contributed by atoms with Gasteiger partial charge in [-0.05, 0) is 12.1 Å². The summed E-state index contributed by atoms with van der Waals surface area (Å²) in [6.07, 6.45) is 1.07. The first kappa shape index (κ1) is 11.5. The number of aromatic nitrogens is 2. The molecule has 0 unspecified atom stereocenters. The summed E-state index contributed by atoms with van der Waals surface area (Å²) in [4.78, 5) is 0. The zero-order chi connectivity index (χ0) is 9.42. The topological polar surface area (TPSA) is 8.81 Å². The van der Waals surface area contributed by atoms with Crippen LogP contribution in [-0.4, -0.2) is 4.57 Å². The molecule has 0 saturated carbocycles. The highest BCUT2D eigenvalue weighted by atomic mass is 127. The van der Waals surface area contributed by atoms with E-state index in [9.17, 15) is 0 Å². The van der Waals surface area contributed by atoms with Gasteiger partial charge < -0.3 is 24.0 Å². The number of imidazole rings is 1. The van der Waals surface area contributed by atoms with Gasteiger partial charge in [-0.3, -0.25) is 0 Å². The highest BCUT2D eigenvalue weighted by Gasteiger charge is 2.16. The number of hydrogen-bond acceptors (Lipinski definition) is 0. The maximum atomic E-state index is 2.26. The highest BCUT2D eigenvalue weighted by molar-refractivity contribution is 5.71. The highest BCUT2D eigenvalue weighted by Crippen LogP contribution is 2.11. The molecule has 2 aromatic rings. The molecule has 1 heterocycles. The van der Waals surface area contributed by atoms with Gasteiger partial charge in [0.1, 0.15) is 0 Å². The zero-order valence-corrected chi connectivity index (χ0v) is 10.9. The summed E-state index contributed by atoms with van der Waals surface area (Å²) in [5, 5.41) is 0. The number of para-hydroxylation sites is 2. The summed E-state index contributed by atoms with van der Waals surface area (Å²) in [6, 6.07) is 8.49. The predicted octanol–water partition coefficient (Wildman–Crippen LogP) is -1.43. The van der Waals surface area contributed by atoms with E-state index in [4.69, 9.17) is 0 Å². The van der Waals surface area contributed by atoms with E-state index in [0.29, 0.717) is 0 Å². The lowest BCUT2D eigenvalue weighted by Crippen LogP contribution is -3.00. The van der Waals surface area contributed by atoms with E-state index in [1.807, 2.05) is 0 Å². The lowest BCUT2D eigenvalue weighted by molar-refractivity contribution is -0.653. The van der Waals surface area contributed by atoms with Crippen LogP contribution in [0, 0.1) is 0 Å². The molecule has 0 aliphatic rings. The molecule has 0 spiro atoms. The fourth-order valence-corrected chi connectivity index (χ4v) is 2.01. The van der Waals surface area contributed by atoms with Crippen molar-refractivity contribution in [2.45, 2.75) is 13.3 Å². The molecule has 0 atom stereocenters. The van der Waals surface area contributed by atoms with Gasteiger partial charge >= 0.3 is 0 Å². The van der Waals surface area contributed by atoms with Crippen LogP contribution < -0.4 is 28.5 Å². The third-order valence-electron chi connectivity index (χ3n) is 2.70. The van der Waals surface area contributed by atoms with E-state index in [1.165, 1.54) is 16.9 Å². The lowest BCUT2D eigenvalue weighted by Gasteiger charge is -1.91. The number of aryl methyl sites for hydroxylation is 2. The van der Waals surface area contributed by atoms with Crippen LogP contribution >= 0.6 is 0 Å². The second-order valence-electron chi connectivity index (χ2n) is 3.38. The fourth-order valence-electron chi connectivity index (χ4n) is 2.01. The first-order valence-corrected chi connectivity index (χ1v) is 4.68. The van der Waals surface area contributed by atoms with Crippen LogP contribution in [0.4, 0.5) is 0 Å². The second-order valence-corrected chi connectivity index (χ2v) is 3.38. The molecule has 0 amide bonds. The molecule has 0 radical (unpaired) electrons. The van der Waals surface area contributed by atoms with E-state index in [1.54, 1.807) is 0 Å². The average molecular weight is 302 g/mol. The Balaban J connectivity index is 0.000000980. The molecule has 3 heteroatoms. The molecule has 0 aliphatic heterocycles. The quantitative estimate of drug-likeness (QED) is 0.451. The molecule has 1 aromatic carbocycles. The summed E-state index contributed by atoms with van der Waals surface area (Å²) >= 11 is 0. The van der Waals surface area contributed by atoms with Crippen molar-refractivity contribution >= 4 is 11.0 Å². The van der Waals surface area contributed by atoms with Crippen molar-refractivity contribution in [3.05, 3.63) is 30.1 Å². The Morgan fingerprint density at radius 2 is 1.93 bits per heavy atom. The van der Waals surface area contributed by atoms with Crippen LogP contribution in [0.3, 0.4) is 0 Å². The minimum atomic E-state index is 0. The number of nitrogens with zero attached hydrogens (tertiary/aromatic N) is 2. The molecule has 0 fully saturated rings. The molecule has 0 bridgehead atoms. The summed E-state index contributed by atoms with van der Waals surface area (Å²) < 4.78 is 4.52. The Morgan fingerprint density at radius 3 is 2.50 bits per heavy atom. The van der Waals surface area contributed by atoms with Crippen LogP contribution in [0.15, 0.2) is 24.3 Å². The zero-order valence-electron chi connectivity index (χ0n) is 8.79. The number of halogens is 1. The minimum Gasteiger partial charge on any atom is -1.00 e. The van der Waals surface area contributed by atoms with Gasteiger partial charge in [-0.2, -0.15) is 0 Å². The normalized spacial score (nSPS) is 10.2. The van der Waals surface area contributed by atoms with Crippen LogP contribution in [-0.2, 0) is 20.5 Å². The number of rotatable bonds is 1. The lowest BCUT2D eigenvalue weighted by atomic mass is 10.3. The van der Waals surface area contributed by atoms with Gasteiger partial charge in [0.2, 0.25) is 0 Å². The second kappa shape index (κ2) is 4.29. The third-order valence-corrected chi connectivity index (χ3v) is 2.70. The van der Waals surface area contributed by atoms with Crippen molar-refractivity contribution < 1.29 is 28.5 Å². The Hall–Kier alpha value is -0.580. The Kier molecular flexibility index (Phi) is 3.53. The van der Waals surface area contributed by atoms with Crippen molar-refractivity contribution in [2.24, 2.45) is 14.1 Å². The summed E-state index contributed by atoms with van der Waals surface area (Å²) in [6.45, 7) is 2.19. The van der Waals surface area contributed by atoms with Gasteiger partial charge in [0.25, 0.3) is 5.82 Å². The molecule has 0 saturated heterocycles. The van der Waals surface area contributed by atoms with Crippen molar-refractivity contribution in [3.63, 3.8) is 0 Å². The largest absolute Gasteiger partial charge is 1.00 e. The molecular formula is C11H15IN2. The number of hydrogen-bond donors (Lipinski definition) is 0.